The molecule has 2 aromatic carbocycles. The van der Waals surface area contributed by atoms with E-state index in [1.165, 1.54) is 6.07 Å². The maximum atomic E-state index is 12.7. The number of carbonyl (C=O) groups is 2. The molecule has 1 N–H and O–H groups in total. The van der Waals surface area contributed by atoms with Gasteiger partial charge < -0.3 is 15.0 Å². The highest BCUT2D eigenvalue weighted by Crippen LogP contribution is 2.38. The van der Waals surface area contributed by atoms with Gasteiger partial charge in [0.1, 0.15) is 12.4 Å². The zero-order valence-electron chi connectivity index (χ0n) is 15.6. The molecule has 0 unspecified atom stereocenters. The van der Waals surface area contributed by atoms with Crippen molar-refractivity contribution in [3.8, 4) is 11.8 Å². The molecule has 0 aliphatic carbocycles. The van der Waals surface area contributed by atoms with Crippen LogP contribution < -0.4 is 15.0 Å². The molecule has 0 atom stereocenters. The fraction of sp³-hybridized carbons (Fsp3) is 0.286. The molecule has 27 heavy (non-hydrogen) atoms. The minimum absolute atomic E-state index is 0.00820. The van der Waals surface area contributed by atoms with Crippen LogP contribution in [-0.4, -0.2) is 25.0 Å². The average molecular weight is 363 g/mol. The number of nitriles is 1. The standard InChI is InChI=1S/C21H21N3O3/c1-4-24-17-9-8-16(11-18(17)27-13-21(2,3)20(24)26)23-19(25)15-7-5-6-14(10-15)12-22/h5-11H,4,13H2,1-3H3,(H,23,25). The van der Waals surface area contributed by atoms with E-state index in [9.17, 15) is 9.59 Å². The lowest BCUT2D eigenvalue weighted by Gasteiger charge is -2.26. The Morgan fingerprint density at radius 2 is 2.07 bits per heavy atom. The van der Waals surface area contributed by atoms with Crippen LogP contribution in [-0.2, 0) is 4.79 Å². The van der Waals surface area contributed by atoms with Crippen LogP contribution in [0.2, 0.25) is 0 Å². The normalized spacial score (nSPS) is 15.2. The van der Waals surface area contributed by atoms with Gasteiger partial charge in [0.05, 0.1) is 22.7 Å². The van der Waals surface area contributed by atoms with Gasteiger partial charge in [0.25, 0.3) is 5.91 Å². The van der Waals surface area contributed by atoms with Crippen LogP contribution in [0.1, 0.15) is 36.7 Å². The zero-order valence-corrected chi connectivity index (χ0v) is 15.6. The van der Waals surface area contributed by atoms with E-state index in [1.54, 1.807) is 41.3 Å². The second-order valence-electron chi connectivity index (χ2n) is 7.05. The van der Waals surface area contributed by atoms with Gasteiger partial charge in [-0.1, -0.05) is 6.07 Å². The molecule has 1 aliphatic rings. The fourth-order valence-electron chi connectivity index (χ4n) is 2.97. The van der Waals surface area contributed by atoms with Crippen molar-refractivity contribution < 1.29 is 14.3 Å². The number of amides is 2. The molecule has 0 saturated heterocycles. The van der Waals surface area contributed by atoms with Crippen molar-refractivity contribution in [3.05, 3.63) is 53.6 Å². The molecule has 6 heteroatoms. The number of ether oxygens (including phenoxy) is 1. The number of hydrogen-bond donors (Lipinski definition) is 1. The molecule has 6 nitrogen and oxygen atoms in total. The molecule has 2 amide bonds. The zero-order chi connectivity index (χ0) is 19.6. The fourth-order valence-corrected chi connectivity index (χ4v) is 2.97. The predicted octanol–water partition coefficient (Wildman–Crippen LogP) is 3.58. The molecule has 0 bridgehead atoms. The first-order valence-electron chi connectivity index (χ1n) is 8.76. The van der Waals surface area contributed by atoms with Gasteiger partial charge in [-0.2, -0.15) is 5.26 Å². The van der Waals surface area contributed by atoms with Gasteiger partial charge in [-0.15, -0.1) is 0 Å². The van der Waals surface area contributed by atoms with E-state index in [4.69, 9.17) is 10.00 Å². The topological polar surface area (TPSA) is 82.4 Å². The summed E-state index contributed by atoms with van der Waals surface area (Å²) in [4.78, 5) is 26.9. The summed E-state index contributed by atoms with van der Waals surface area (Å²) in [5, 5.41) is 11.8. The lowest BCUT2D eigenvalue weighted by atomic mass is 9.93. The Kier molecular flexibility index (Phi) is 4.87. The first-order valence-corrected chi connectivity index (χ1v) is 8.76. The minimum atomic E-state index is -0.629. The van der Waals surface area contributed by atoms with E-state index in [1.807, 2.05) is 26.8 Å². The molecule has 0 fully saturated rings. The molecule has 0 aromatic heterocycles. The van der Waals surface area contributed by atoms with Gasteiger partial charge in [-0.25, -0.2) is 0 Å². The van der Waals surface area contributed by atoms with Crippen molar-refractivity contribution in [1.82, 2.24) is 0 Å². The molecular formula is C21H21N3O3. The van der Waals surface area contributed by atoms with Gasteiger partial charge in [0.2, 0.25) is 5.91 Å². The number of fused-ring (bicyclic) bond motifs is 1. The Morgan fingerprint density at radius 1 is 1.30 bits per heavy atom. The van der Waals surface area contributed by atoms with Crippen LogP contribution in [0.5, 0.6) is 5.75 Å². The summed E-state index contributed by atoms with van der Waals surface area (Å²) in [6.45, 7) is 6.42. The third kappa shape index (κ3) is 3.63. The SMILES string of the molecule is CCN1C(=O)C(C)(C)COc2cc(NC(=O)c3cccc(C#N)c3)ccc21. The van der Waals surface area contributed by atoms with Crippen LogP contribution in [0.3, 0.4) is 0 Å². The molecule has 1 heterocycles. The molecule has 138 valence electrons. The molecular weight excluding hydrogens is 342 g/mol. The quantitative estimate of drug-likeness (QED) is 0.903. The summed E-state index contributed by atoms with van der Waals surface area (Å²) in [5.41, 5.74) is 1.45. The summed E-state index contributed by atoms with van der Waals surface area (Å²) in [5.74, 6) is 0.248. The summed E-state index contributed by atoms with van der Waals surface area (Å²) in [6.07, 6.45) is 0. The van der Waals surface area contributed by atoms with Crippen molar-refractivity contribution in [2.45, 2.75) is 20.8 Å². The Balaban J connectivity index is 1.88. The van der Waals surface area contributed by atoms with Crippen molar-refractivity contribution in [3.63, 3.8) is 0 Å². The van der Waals surface area contributed by atoms with Crippen LogP contribution in [0.15, 0.2) is 42.5 Å². The summed E-state index contributed by atoms with van der Waals surface area (Å²) in [7, 11) is 0. The molecule has 3 rings (SSSR count). The summed E-state index contributed by atoms with van der Waals surface area (Å²) < 4.78 is 5.87. The van der Waals surface area contributed by atoms with E-state index in [2.05, 4.69) is 5.32 Å². The number of benzene rings is 2. The number of rotatable bonds is 3. The van der Waals surface area contributed by atoms with Gasteiger partial charge in [-0.05, 0) is 51.1 Å². The minimum Gasteiger partial charge on any atom is -0.490 e. The maximum Gasteiger partial charge on any atom is 0.255 e. The van der Waals surface area contributed by atoms with E-state index in [-0.39, 0.29) is 18.4 Å². The van der Waals surface area contributed by atoms with Gasteiger partial charge in [0, 0.05) is 23.9 Å². The summed E-state index contributed by atoms with van der Waals surface area (Å²) >= 11 is 0. The van der Waals surface area contributed by atoms with Crippen LogP contribution in [0.25, 0.3) is 0 Å². The lowest BCUT2D eigenvalue weighted by Crippen LogP contribution is -2.42. The van der Waals surface area contributed by atoms with Crippen molar-refractivity contribution >= 4 is 23.2 Å². The highest BCUT2D eigenvalue weighted by Gasteiger charge is 2.37. The number of nitrogens with one attached hydrogen (secondary N) is 1. The molecule has 0 spiro atoms. The Hall–Kier alpha value is -3.33. The smallest absolute Gasteiger partial charge is 0.255 e. The van der Waals surface area contributed by atoms with Gasteiger partial charge >= 0.3 is 0 Å². The summed E-state index contributed by atoms with van der Waals surface area (Å²) in [6, 6.07) is 13.8. The Labute approximate surface area is 158 Å². The third-order valence-corrected chi connectivity index (χ3v) is 4.49. The second kappa shape index (κ2) is 7.12. The number of carbonyl (C=O) groups excluding carboxylic acids is 2. The number of hydrogen-bond acceptors (Lipinski definition) is 4. The Morgan fingerprint density at radius 3 is 2.78 bits per heavy atom. The largest absolute Gasteiger partial charge is 0.490 e. The van der Waals surface area contributed by atoms with Gasteiger partial charge in [0.15, 0.2) is 0 Å². The Bertz CT molecular complexity index is 944. The van der Waals surface area contributed by atoms with Crippen LogP contribution >= 0.6 is 0 Å². The van der Waals surface area contributed by atoms with Crippen molar-refractivity contribution in [1.29, 1.82) is 5.26 Å². The van der Waals surface area contributed by atoms with Crippen LogP contribution in [0, 0.1) is 16.7 Å². The molecule has 1 aliphatic heterocycles. The first-order chi connectivity index (χ1) is 12.9. The number of nitrogens with zero attached hydrogens (tertiary/aromatic N) is 2. The molecule has 0 radical (unpaired) electrons. The highest BCUT2D eigenvalue weighted by molar-refractivity contribution is 6.05. The monoisotopic (exact) mass is 363 g/mol. The second-order valence-corrected chi connectivity index (χ2v) is 7.05. The van der Waals surface area contributed by atoms with E-state index < -0.39 is 5.41 Å². The van der Waals surface area contributed by atoms with Gasteiger partial charge in [-0.3, -0.25) is 9.59 Å². The van der Waals surface area contributed by atoms with Crippen molar-refractivity contribution in [2.24, 2.45) is 5.41 Å². The average Bonchev–Trinajstić information content (AvgIpc) is 2.76. The molecule has 2 aromatic rings. The lowest BCUT2D eigenvalue weighted by molar-refractivity contribution is -0.127. The van der Waals surface area contributed by atoms with Crippen LogP contribution in [0.4, 0.5) is 11.4 Å². The first kappa shape index (κ1) is 18.5. The van der Waals surface area contributed by atoms with E-state index >= 15 is 0 Å². The molecule has 0 saturated carbocycles. The number of anilines is 2. The van der Waals surface area contributed by atoms with E-state index in [0.717, 1.165) is 0 Å². The third-order valence-electron chi connectivity index (χ3n) is 4.49. The highest BCUT2D eigenvalue weighted by atomic mass is 16.5. The maximum absolute atomic E-state index is 12.7. The van der Waals surface area contributed by atoms with Crippen molar-refractivity contribution in [2.75, 3.05) is 23.4 Å². The van der Waals surface area contributed by atoms with E-state index in [0.29, 0.717) is 34.8 Å². The predicted molar refractivity (Wildman–Crippen MR) is 103 cm³/mol.